The van der Waals surface area contributed by atoms with Crippen LogP contribution >= 0.6 is 0 Å². The number of benzene rings is 1. The van der Waals surface area contributed by atoms with Crippen molar-refractivity contribution in [2.45, 2.75) is 45.1 Å². The summed E-state index contributed by atoms with van der Waals surface area (Å²) in [7, 11) is 0. The molecule has 0 spiro atoms. The van der Waals surface area contributed by atoms with Gasteiger partial charge < -0.3 is 14.9 Å². The van der Waals surface area contributed by atoms with E-state index in [0.29, 0.717) is 17.7 Å². The number of rotatable bonds is 1. The third-order valence-corrected chi connectivity index (χ3v) is 4.68. The lowest BCUT2D eigenvalue weighted by Gasteiger charge is -2.46. The zero-order valence-electron chi connectivity index (χ0n) is 12.5. The predicted octanol–water partition coefficient (Wildman–Crippen LogP) is 3.38. The Labute approximate surface area is 124 Å². The maximum Gasteiger partial charge on any atom is 0.331 e. The van der Waals surface area contributed by atoms with Gasteiger partial charge in [0.15, 0.2) is 0 Å². The summed E-state index contributed by atoms with van der Waals surface area (Å²) in [6.45, 7) is 5.97. The Morgan fingerprint density at radius 3 is 2.76 bits per heavy atom. The van der Waals surface area contributed by atoms with Crippen LogP contribution in [0.2, 0.25) is 0 Å². The minimum absolute atomic E-state index is 0.107. The molecule has 0 bridgehead atoms. The molecule has 0 aromatic heterocycles. The number of aromatic hydroxyl groups is 1. The van der Waals surface area contributed by atoms with Crippen molar-refractivity contribution in [2.75, 3.05) is 0 Å². The molecule has 2 N–H and O–H groups in total. The lowest BCUT2D eigenvalue weighted by molar-refractivity contribution is -0.133. The lowest BCUT2D eigenvalue weighted by Crippen LogP contribution is -2.45. The van der Waals surface area contributed by atoms with Crippen molar-refractivity contribution in [1.82, 2.24) is 0 Å². The highest BCUT2D eigenvalue weighted by Crippen LogP contribution is 2.53. The molecule has 0 saturated heterocycles. The van der Waals surface area contributed by atoms with E-state index >= 15 is 0 Å². The molecule has 0 amide bonds. The SMILES string of the molecule is Cc1cc(O)c2c(c1)OC(C)(C)[C@@H]1CCC(C(=O)O)=C[C@@H]21. The molecule has 1 aliphatic heterocycles. The molecule has 4 nitrogen and oxygen atoms in total. The fourth-order valence-electron chi connectivity index (χ4n) is 3.67. The summed E-state index contributed by atoms with van der Waals surface area (Å²) in [6.07, 6.45) is 3.10. The van der Waals surface area contributed by atoms with E-state index in [4.69, 9.17) is 4.74 Å². The summed E-state index contributed by atoms with van der Waals surface area (Å²) >= 11 is 0. The van der Waals surface area contributed by atoms with Gasteiger partial charge in [-0.1, -0.05) is 6.08 Å². The normalized spacial score (nSPS) is 26.1. The summed E-state index contributed by atoms with van der Waals surface area (Å²) in [5, 5.41) is 19.6. The van der Waals surface area contributed by atoms with Crippen LogP contribution in [0.4, 0.5) is 0 Å². The number of carboxylic acid groups (broad SMARTS) is 1. The van der Waals surface area contributed by atoms with Crippen LogP contribution in [0, 0.1) is 12.8 Å². The number of fused-ring (bicyclic) bond motifs is 3. The number of phenols is 1. The van der Waals surface area contributed by atoms with Gasteiger partial charge in [0.1, 0.15) is 17.1 Å². The van der Waals surface area contributed by atoms with Gasteiger partial charge in [-0.3, -0.25) is 0 Å². The number of aliphatic carboxylic acids is 1. The molecule has 1 aromatic carbocycles. The quantitative estimate of drug-likeness (QED) is 0.831. The Morgan fingerprint density at radius 1 is 1.38 bits per heavy atom. The van der Waals surface area contributed by atoms with Gasteiger partial charge in [-0.05, 0) is 51.3 Å². The molecule has 2 atom stereocenters. The number of aryl methyl sites for hydroxylation is 1. The summed E-state index contributed by atoms with van der Waals surface area (Å²) in [6, 6.07) is 3.62. The third-order valence-electron chi connectivity index (χ3n) is 4.68. The molecule has 4 heteroatoms. The van der Waals surface area contributed by atoms with E-state index in [1.54, 1.807) is 12.1 Å². The number of carbonyl (C=O) groups is 1. The summed E-state index contributed by atoms with van der Waals surface area (Å²) in [4.78, 5) is 11.3. The molecule has 21 heavy (non-hydrogen) atoms. The maximum atomic E-state index is 11.3. The number of hydrogen-bond donors (Lipinski definition) is 2. The summed E-state index contributed by atoms with van der Waals surface area (Å²) < 4.78 is 6.11. The van der Waals surface area contributed by atoms with Gasteiger partial charge in [0, 0.05) is 23.0 Å². The van der Waals surface area contributed by atoms with Crippen molar-refractivity contribution in [3.63, 3.8) is 0 Å². The Balaban J connectivity index is 2.19. The van der Waals surface area contributed by atoms with Gasteiger partial charge in [-0.15, -0.1) is 0 Å². The number of hydrogen-bond acceptors (Lipinski definition) is 3. The summed E-state index contributed by atoms with van der Waals surface area (Å²) in [5.41, 5.74) is 1.71. The van der Waals surface area contributed by atoms with E-state index in [1.807, 2.05) is 26.8 Å². The molecule has 0 unspecified atom stereocenters. The molecule has 0 radical (unpaired) electrons. The predicted molar refractivity (Wildman–Crippen MR) is 78.7 cm³/mol. The number of allylic oxidation sites excluding steroid dienone is 1. The minimum atomic E-state index is -0.870. The fourth-order valence-corrected chi connectivity index (χ4v) is 3.67. The molecular formula is C17H20O4. The highest BCUT2D eigenvalue weighted by Gasteiger charge is 2.46. The monoisotopic (exact) mass is 288 g/mol. The van der Waals surface area contributed by atoms with E-state index in [-0.39, 0.29) is 23.2 Å². The van der Waals surface area contributed by atoms with Crippen LogP contribution in [0.5, 0.6) is 11.5 Å². The van der Waals surface area contributed by atoms with Gasteiger partial charge >= 0.3 is 5.97 Å². The standard InChI is InChI=1S/C17H20O4/c1-9-6-13(18)15-11-8-10(16(19)20)4-5-12(11)17(2,3)21-14(15)7-9/h6-8,11-12,18H,4-5H2,1-3H3,(H,19,20)/t11-,12-/m1/s1. The molecule has 1 aliphatic carbocycles. The first kappa shape index (κ1) is 14.0. The van der Waals surface area contributed by atoms with E-state index in [1.165, 1.54) is 0 Å². The highest BCUT2D eigenvalue weighted by molar-refractivity contribution is 5.87. The number of carboxylic acids is 1. The Morgan fingerprint density at radius 2 is 2.10 bits per heavy atom. The second-order valence-electron chi connectivity index (χ2n) is 6.57. The van der Waals surface area contributed by atoms with Crippen molar-refractivity contribution in [1.29, 1.82) is 0 Å². The molecule has 2 aliphatic rings. The van der Waals surface area contributed by atoms with E-state index in [9.17, 15) is 15.0 Å². The zero-order valence-corrected chi connectivity index (χ0v) is 12.5. The van der Waals surface area contributed by atoms with Crippen LogP contribution in [0.1, 0.15) is 43.7 Å². The van der Waals surface area contributed by atoms with Crippen LogP contribution < -0.4 is 4.74 Å². The van der Waals surface area contributed by atoms with E-state index in [0.717, 1.165) is 17.5 Å². The van der Waals surface area contributed by atoms with Crippen molar-refractivity contribution >= 4 is 5.97 Å². The van der Waals surface area contributed by atoms with Gasteiger partial charge in [-0.2, -0.15) is 0 Å². The van der Waals surface area contributed by atoms with E-state index in [2.05, 4.69) is 0 Å². The van der Waals surface area contributed by atoms with Crippen molar-refractivity contribution in [2.24, 2.45) is 5.92 Å². The molecule has 1 aromatic rings. The fraction of sp³-hybridized carbons (Fsp3) is 0.471. The van der Waals surface area contributed by atoms with Crippen LogP contribution in [0.25, 0.3) is 0 Å². The van der Waals surface area contributed by atoms with Crippen LogP contribution in [0.15, 0.2) is 23.8 Å². The third kappa shape index (κ3) is 2.19. The topological polar surface area (TPSA) is 66.8 Å². The molecule has 0 fully saturated rings. The smallest absolute Gasteiger partial charge is 0.331 e. The van der Waals surface area contributed by atoms with Crippen LogP contribution in [-0.4, -0.2) is 21.8 Å². The second kappa shape index (κ2) is 4.52. The van der Waals surface area contributed by atoms with Gasteiger partial charge in [0.05, 0.1) is 0 Å². The Hall–Kier alpha value is -1.97. The van der Waals surface area contributed by atoms with Crippen LogP contribution in [0.3, 0.4) is 0 Å². The lowest BCUT2D eigenvalue weighted by atomic mass is 9.68. The molecule has 0 saturated carbocycles. The van der Waals surface area contributed by atoms with Gasteiger partial charge in [-0.25, -0.2) is 4.79 Å². The second-order valence-corrected chi connectivity index (χ2v) is 6.57. The van der Waals surface area contributed by atoms with Crippen molar-refractivity contribution < 1.29 is 19.7 Å². The largest absolute Gasteiger partial charge is 0.507 e. The van der Waals surface area contributed by atoms with Gasteiger partial charge in [0.2, 0.25) is 0 Å². The first-order valence-corrected chi connectivity index (χ1v) is 7.26. The minimum Gasteiger partial charge on any atom is -0.507 e. The maximum absolute atomic E-state index is 11.3. The zero-order chi connectivity index (χ0) is 15.4. The van der Waals surface area contributed by atoms with Gasteiger partial charge in [0.25, 0.3) is 0 Å². The highest BCUT2D eigenvalue weighted by atomic mass is 16.5. The van der Waals surface area contributed by atoms with Crippen molar-refractivity contribution in [3.05, 3.63) is 34.9 Å². The van der Waals surface area contributed by atoms with Crippen LogP contribution in [-0.2, 0) is 4.79 Å². The average molecular weight is 288 g/mol. The first-order chi connectivity index (χ1) is 9.79. The first-order valence-electron chi connectivity index (χ1n) is 7.26. The van der Waals surface area contributed by atoms with E-state index < -0.39 is 5.97 Å². The molecule has 1 heterocycles. The summed E-state index contributed by atoms with van der Waals surface area (Å²) in [5.74, 6) is 0.0526. The molecule has 3 rings (SSSR count). The Bertz CT molecular complexity index is 642. The number of phenolic OH excluding ortho intramolecular Hbond substituents is 1. The average Bonchev–Trinajstić information content (AvgIpc) is 2.36. The molecular weight excluding hydrogens is 268 g/mol. The molecule has 112 valence electrons. The Kier molecular flexibility index (Phi) is 3.01. The number of ether oxygens (including phenoxy) is 1. The van der Waals surface area contributed by atoms with Crippen molar-refractivity contribution in [3.8, 4) is 11.5 Å².